The van der Waals surface area contributed by atoms with Gasteiger partial charge in [-0.2, -0.15) is 0 Å². The van der Waals surface area contributed by atoms with E-state index in [2.05, 4.69) is 59.0 Å². The Bertz CT molecular complexity index is 373. The second-order valence-electron chi connectivity index (χ2n) is 7.04. The second-order valence-corrected chi connectivity index (χ2v) is 7.48. The fourth-order valence-electron chi connectivity index (χ4n) is 2.80. The minimum absolute atomic E-state index is 0.122. The van der Waals surface area contributed by atoms with E-state index in [1.807, 2.05) is 12.1 Å². The summed E-state index contributed by atoms with van der Waals surface area (Å²) in [5.41, 5.74) is 1.73. The van der Waals surface area contributed by atoms with Crippen LogP contribution in [0.4, 0.5) is 0 Å². The lowest BCUT2D eigenvalue weighted by Gasteiger charge is -2.36. The van der Waals surface area contributed by atoms with E-state index >= 15 is 0 Å². The molecule has 18 heavy (non-hydrogen) atoms. The summed E-state index contributed by atoms with van der Waals surface area (Å²) < 4.78 is 0. The van der Waals surface area contributed by atoms with Crippen molar-refractivity contribution in [2.45, 2.75) is 59.5 Å². The van der Waals surface area contributed by atoms with Crippen molar-refractivity contribution < 1.29 is 0 Å². The molecule has 0 bridgehead atoms. The largest absolute Gasteiger partial charge is 0.305 e. The van der Waals surface area contributed by atoms with Crippen molar-refractivity contribution in [2.24, 2.45) is 5.41 Å². The summed E-state index contributed by atoms with van der Waals surface area (Å²) in [6.45, 7) is 13.6. The Kier molecular flexibility index (Phi) is 4.85. The molecule has 1 atom stereocenters. The van der Waals surface area contributed by atoms with Gasteiger partial charge in [0.1, 0.15) is 0 Å². The summed E-state index contributed by atoms with van der Waals surface area (Å²) in [5.74, 6) is 0. The lowest BCUT2D eigenvalue weighted by atomic mass is 9.81. The summed E-state index contributed by atoms with van der Waals surface area (Å²) in [5, 5.41) is 4.50. The van der Waals surface area contributed by atoms with Crippen molar-refractivity contribution >= 4 is 11.6 Å². The lowest BCUT2D eigenvalue weighted by molar-refractivity contribution is 0.227. The van der Waals surface area contributed by atoms with Crippen molar-refractivity contribution in [1.82, 2.24) is 5.32 Å². The maximum Gasteiger partial charge on any atom is 0.0406 e. The number of halogens is 1. The monoisotopic (exact) mass is 267 g/mol. The number of hydrogen-bond donors (Lipinski definition) is 1. The molecule has 0 fully saturated rings. The van der Waals surface area contributed by atoms with Gasteiger partial charge in [0.05, 0.1) is 0 Å². The van der Waals surface area contributed by atoms with Crippen molar-refractivity contribution in [3.8, 4) is 0 Å². The van der Waals surface area contributed by atoms with Gasteiger partial charge < -0.3 is 5.32 Å². The van der Waals surface area contributed by atoms with Gasteiger partial charge in [0.25, 0.3) is 0 Å². The molecule has 1 N–H and O–H groups in total. The molecule has 1 unspecified atom stereocenters. The molecule has 102 valence electrons. The Balaban J connectivity index is 2.69. The van der Waals surface area contributed by atoms with Gasteiger partial charge in [0, 0.05) is 16.6 Å². The normalized spacial score (nSPS) is 14.6. The molecule has 0 saturated heterocycles. The van der Waals surface area contributed by atoms with Crippen molar-refractivity contribution in [1.29, 1.82) is 0 Å². The molecule has 2 heteroatoms. The van der Waals surface area contributed by atoms with Crippen molar-refractivity contribution in [3.05, 3.63) is 34.9 Å². The van der Waals surface area contributed by atoms with Gasteiger partial charge in [-0.1, -0.05) is 44.5 Å². The quantitative estimate of drug-likeness (QED) is 0.790. The highest BCUT2D eigenvalue weighted by Crippen LogP contribution is 2.29. The van der Waals surface area contributed by atoms with Crippen LogP contribution in [-0.4, -0.2) is 5.54 Å². The van der Waals surface area contributed by atoms with Gasteiger partial charge in [0.15, 0.2) is 0 Å². The van der Waals surface area contributed by atoms with E-state index in [0.29, 0.717) is 11.5 Å². The molecule has 0 aromatic heterocycles. The fourth-order valence-corrected chi connectivity index (χ4v) is 2.92. The van der Waals surface area contributed by atoms with E-state index in [1.165, 1.54) is 5.56 Å². The van der Waals surface area contributed by atoms with Crippen LogP contribution in [0.3, 0.4) is 0 Å². The van der Waals surface area contributed by atoms with Crippen LogP contribution in [0, 0.1) is 5.41 Å². The fraction of sp³-hybridized carbons (Fsp3) is 0.625. The lowest BCUT2D eigenvalue weighted by Crippen LogP contribution is -2.43. The third kappa shape index (κ3) is 5.41. The smallest absolute Gasteiger partial charge is 0.0406 e. The van der Waals surface area contributed by atoms with Gasteiger partial charge in [-0.25, -0.2) is 0 Å². The van der Waals surface area contributed by atoms with Crippen LogP contribution in [0.25, 0.3) is 0 Å². The molecule has 0 amide bonds. The molecule has 0 aliphatic carbocycles. The van der Waals surface area contributed by atoms with Gasteiger partial charge in [-0.3, -0.25) is 0 Å². The van der Waals surface area contributed by atoms with Gasteiger partial charge in [-0.15, -0.1) is 0 Å². The van der Waals surface area contributed by atoms with E-state index in [1.54, 1.807) is 0 Å². The highest BCUT2D eigenvalue weighted by atomic mass is 35.5. The molecular formula is C16H26ClN. The zero-order valence-electron chi connectivity index (χ0n) is 12.5. The number of benzene rings is 1. The van der Waals surface area contributed by atoms with Crippen LogP contribution in [0.5, 0.6) is 0 Å². The molecule has 1 aromatic rings. The molecule has 1 nitrogen and oxygen atoms in total. The van der Waals surface area contributed by atoms with Gasteiger partial charge in [-0.05, 0) is 50.3 Å². The molecule has 1 aromatic carbocycles. The first-order valence-corrected chi connectivity index (χ1v) is 7.00. The summed E-state index contributed by atoms with van der Waals surface area (Å²) in [6, 6.07) is 8.41. The number of nitrogens with one attached hydrogen (secondary N) is 1. The van der Waals surface area contributed by atoms with E-state index in [4.69, 9.17) is 11.6 Å². The molecule has 0 aliphatic rings. The SMILES string of the molecule is CC(NC(C)(C)CC(C)(C)C)c1ccc(Cl)cc1. The molecule has 1 rings (SSSR count). The zero-order valence-corrected chi connectivity index (χ0v) is 13.2. The first-order valence-electron chi connectivity index (χ1n) is 6.62. The van der Waals surface area contributed by atoms with E-state index < -0.39 is 0 Å². The summed E-state index contributed by atoms with van der Waals surface area (Å²) in [6.07, 6.45) is 1.14. The van der Waals surface area contributed by atoms with Crippen molar-refractivity contribution in [2.75, 3.05) is 0 Å². The zero-order chi connectivity index (χ0) is 14.0. The van der Waals surface area contributed by atoms with E-state index in [-0.39, 0.29) is 5.54 Å². The van der Waals surface area contributed by atoms with Crippen LogP contribution in [0.1, 0.15) is 59.6 Å². The average molecular weight is 268 g/mol. The molecule has 0 spiro atoms. The second kappa shape index (κ2) is 5.63. The number of hydrogen-bond acceptors (Lipinski definition) is 1. The summed E-state index contributed by atoms with van der Waals surface area (Å²) >= 11 is 5.92. The minimum Gasteiger partial charge on any atom is -0.305 e. The Morgan fingerprint density at radius 1 is 1.06 bits per heavy atom. The van der Waals surface area contributed by atoms with Crippen LogP contribution in [0.15, 0.2) is 24.3 Å². The maximum atomic E-state index is 5.92. The molecule has 0 aliphatic heterocycles. The highest BCUT2D eigenvalue weighted by molar-refractivity contribution is 6.30. The third-order valence-corrected chi connectivity index (χ3v) is 3.20. The predicted molar refractivity (Wildman–Crippen MR) is 81.2 cm³/mol. The molecule has 0 radical (unpaired) electrons. The van der Waals surface area contributed by atoms with E-state index in [0.717, 1.165) is 11.4 Å². The summed E-state index contributed by atoms with van der Waals surface area (Å²) in [4.78, 5) is 0. The first-order chi connectivity index (χ1) is 8.09. The standard InChI is InChI=1S/C16H26ClN/c1-12(13-7-9-14(17)10-8-13)18-16(5,6)11-15(2,3)4/h7-10,12,18H,11H2,1-6H3. The molecule has 0 saturated carbocycles. The Hall–Kier alpha value is -0.530. The van der Waals surface area contributed by atoms with Crippen LogP contribution in [0.2, 0.25) is 5.02 Å². The number of rotatable bonds is 4. The highest BCUT2D eigenvalue weighted by Gasteiger charge is 2.26. The van der Waals surface area contributed by atoms with Crippen molar-refractivity contribution in [3.63, 3.8) is 0 Å². The van der Waals surface area contributed by atoms with Gasteiger partial charge >= 0.3 is 0 Å². The first kappa shape index (κ1) is 15.5. The Morgan fingerprint density at radius 3 is 2.00 bits per heavy atom. The Morgan fingerprint density at radius 2 is 1.56 bits per heavy atom. The predicted octanol–water partition coefficient (Wildman–Crippen LogP) is 5.21. The third-order valence-electron chi connectivity index (χ3n) is 2.95. The summed E-state index contributed by atoms with van der Waals surface area (Å²) in [7, 11) is 0. The Labute approximate surface area is 117 Å². The van der Waals surface area contributed by atoms with Gasteiger partial charge in [0.2, 0.25) is 0 Å². The maximum absolute atomic E-state index is 5.92. The average Bonchev–Trinajstić information content (AvgIpc) is 2.13. The van der Waals surface area contributed by atoms with Crippen LogP contribution in [-0.2, 0) is 0 Å². The molecule has 0 heterocycles. The van der Waals surface area contributed by atoms with E-state index in [9.17, 15) is 0 Å². The van der Waals surface area contributed by atoms with Crippen LogP contribution >= 0.6 is 11.6 Å². The molecular weight excluding hydrogens is 242 g/mol. The minimum atomic E-state index is 0.122. The van der Waals surface area contributed by atoms with Crippen LogP contribution < -0.4 is 5.32 Å². The topological polar surface area (TPSA) is 12.0 Å².